The maximum atomic E-state index is 12.0. The van der Waals surface area contributed by atoms with E-state index in [-0.39, 0.29) is 12.4 Å². The van der Waals surface area contributed by atoms with Crippen LogP contribution in [0.5, 0.6) is 0 Å². The Morgan fingerprint density at radius 1 is 1.38 bits per heavy atom. The van der Waals surface area contributed by atoms with Crippen molar-refractivity contribution in [3.63, 3.8) is 0 Å². The lowest BCUT2D eigenvalue weighted by Crippen LogP contribution is -2.08. The normalized spacial score (nSPS) is 11.0. The average Bonchev–Trinajstić information content (AvgIpc) is 3.02. The summed E-state index contributed by atoms with van der Waals surface area (Å²) in [7, 11) is 0. The lowest BCUT2D eigenvalue weighted by Gasteiger charge is -2.01. The molecule has 0 atom stereocenters. The molecule has 0 aliphatic heterocycles. The van der Waals surface area contributed by atoms with E-state index >= 15 is 0 Å². The Kier molecular flexibility index (Phi) is 3.13. The summed E-state index contributed by atoms with van der Waals surface area (Å²) in [5.74, 6) is 0.350. The second-order valence-electron chi connectivity index (χ2n) is 4.61. The second-order valence-corrected chi connectivity index (χ2v) is 4.61. The molecule has 0 aliphatic carbocycles. The van der Waals surface area contributed by atoms with Crippen LogP contribution in [0.25, 0.3) is 5.78 Å². The third-order valence-corrected chi connectivity index (χ3v) is 3.14. The number of ether oxygens (including phenoxy) is 1. The van der Waals surface area contributed by atoms with Gasteiger partial charge in [0.05, 0.1) is 11.3 Å². The minimum Gasteiger partial charge on any atom is -0.455 e. The molecule has 3 aromatic heterocycles. The molecule has 0 radical (unpaired) electrons. The van der Waals surface area contributed by atoms with Gasteiger partial charge < -0.3 is 9.26 Å². The number of carbonyl (C=O) groups is 1. The van der Waals surface area contributed by atoms with Gasteiger partial charge in [-0.1, -0.05) is 5.16 Å². The number of hydrogen-bond acceptors (Lipinski definition) is 7. The maximum Gasteiger partial charge on any atom is 0.378 e. The molecule has 3 rings (SSSR count). The molecule has 3 heterocycles. The van der Waals surface area contributed by atoms with Gasteiger partial charge in [0, 0.05) is 11.9 Å². The number of rotatable bonds is 3. The topological polar surface area (TPSA) is 95.4 Å². The SMILES string of the molecule is Cc1noc(C)c1COC(=O)c1nc2nccc(C)n2n1. The molecular formula is C13H13N5O3. The highest BCUT2D eigenvalue weighted by molar-refractivity contribution is 5.85. The highest BCUT2D eigenvalue weighted by Crippen LogP contribution is 2.14. The number of carbonyl (C=O) groups excluding carboxylic acids is 1. The molecule has 8 heteroatoms. The van der Waals surface area contributed by atoms with Crippen LogP contribution in [0.1, 0.15) is 33.3 Å². The first-order valence-electron chi connectivity index (χ1n) is 6.33. The smallest absolute Gasteiger partial charge is 0.378 e. The Bertz CT molecular complexity index is 801. The fraction of sp³-hybridized carbons (Fsp3) is 0.308. The first-order valence-corrected chi connectivity index (χ1v) is 6.33. The third-order valence-electron chi connectivity index (χ3n) is 3.14. The van der Waals surface area contributed by atoms with E-state index < -0.39 is 5.97 Å². The molecule has 0 aliphatic rings. The van der Waals surface area contributed by atoms with Gasteiger partial charge in [-0.05, 0) is 26.8 Å². The Balaban J connectivity index is 1.80. The van der Waals surface area contributed by atoms with E-state index in [2.05, 4.69) is 20.2 Å². The van der Waals surface area contributed by atoms with E-state index in [1.807, 2.05) is 6.92 Å². The summed E-state index contributed by atoms with van der Waals surface area (Å²) in [6.07, 6.45) is 1.61. The number of aryl methyl sites for hydroxylation is 3. The Morgan fingerprint density at radius 3 is 2.86 bits per heavy atom. The van der Waals surface area contributed by atoms with Crippen LogP contribution in [-0.4, -0.2) is 30.7 Å². The molecule has 0 unspecified atom stereocenters. The summed E-state index contributed by atoms with van der Waals surface area (Å²) in [6, 6.07) is 1.78. The molecule has 0 saturated carbocycles. The van der Waals surface area contributed by atoms with E-state index in [1.54, 1.807) is 26.1 Å². The average molecular weight is 287 g/mol. The Hall–Kier alpha value is -2.77. The lowest BCUT2D eigenvalue weighted by atomic mass is 10.2. The standard InChI is InChI=1S/C13H13N5O3/c1-7-4-5-14-13-15-11(16-18(7)13)12(19)20-6-10-8(2)17-21-9(10)3/h4-5H,6H2,1-3H3. The minimum atomic E-state index is -0.611. The van der Waals surface area contributed by atoms with Gasteiger partial charge in [0.1, 0.15) is 12.4 Å². The highest BCUT2D eigenvalue weighted by atomic mass is 16.5. The third kappa shape index (κ3) is 2.35. The van der Waals surface area contributed by atoms with Crippen molar-refractivity contribution in [2.24, 2.45) is 0 Å². The zero-order valence-electron chi connectivity index (χ0n) is 11.8. The first kappa shape index (κ1) is 13.2. The van der Waals surface area contributed by atoms with Crippen molar-refractivity contribution in [3.05, 3.63) is 40.8 Å². The molecule has 0 fully saturated rings. The zero-order valence-corrected chi connectivity index (χ0v) is 11.8. The summed E-state index contributed by atoms with van der Waals surface area (Å²) in [6.45, 7) is 5.47. The zero-order chi connectivity index (χ0) is 15.0. The van der Waals surface area contributed by atoms with E-state index in [9.17, 15) is 4.79 Å². The maximum absolute atomic E-state index is 12.0. The second kappa shape index (κ2) is 4.97. The Labute approximate surface area is 119 Å². The van der Waals surface area contributed by atoms with Crippen LogP contribution >= 0.6 is 0 Å². The minimum absolute atomic E-state index is 0.0245. The fourth-order valence-electron chi connectivity index (χ4n) is 1.90. The number of fused-ring (bicyclic) bond motifs is 1. The predicted octanol–water partition coefficient (Wildman–Crippen LogP) is 1.39. The van der Waals surface area contributed by atoms with E-state index in [4.69, 9.17) is 9.26 Å². The molecule has 0 N–H and O–H groups in total. The molecule has 8 nitrogen and oxygen atoms in total. The van der Waals surface area contributed by atoms with E-state index in [1.165, 1.54) is 4.52 Å². The number of aromatic nitrogens is 5. The number of hydrogen-bond donors (Lipinski definition) is 0. The van der Waals surface area contributed by atoms with Crippen molar-refractivity contribution in [1.82, 2.24) is 24.7 Å². The van der Waals surface area contributed by atoms with Crippen molar-refractivity contribution in [2.75, 3.05) is 0 Å². The van der Waals surface area contributed by atoms with Gasteiger partial charge in [0.2, 0.25) is 0 Å². The van der Waals surface area contributed by atoms with Crippen LogP contribution in [-0.2, 0) is 11.3 Å². The molecular weight excluding hydrogens is 274 g/mol. The van der Waals surface area contributed by atoms with Gasteiger partial charge in [-0.25, -0.2) is 14.3 Å². The van der Waals surface area contributed by atoms with Gasteiger partial charge in [-0.3, -0.25) is 0 Å². The monoisotopic (exact) mass is 287 g/mol. The largest absolute Gasteiger partial charge is 0.455 e. The van der Waals surface area contributed by atoms with Gasteiger partial charge in [0.15, 0.2) is 0 Å². The molecule has 21 heavy (non-hydrogen) atoms. The molecule has 0 bridgehead atoms. The van der Waals surface area contributed by atoms with E-state index in [0.717, 1.165) is 11.3 Å². The van der Waals surface area contributed by atoms with E-state index in [0.29, 0.717) is 17.2 Å². The van der Waals surface area contributed by atoms with Gasteiger partial charge in [0.25, 0.3) is 11.6 Å². The summed E-state index contributed by atoms with van der Waals surface area (Å²) in [5, 5.41) is 7.89. The Morgan fingerprint density at radius 2 is 2.19 bits per heavy atom. The molecule has 3 aromatic rings. The lowest BCUT2D eigenvalue weighted by molar-refractivity contribution is 0.0456. The number of nitrogens with zero attached hydrogens (tertiary/aromatic N) is 5. The fourth-order valence-corrected chi connectivity index (χ4v) is 1.90. The van der Waals surface area contributed by atoms with Crippen LogP contribution in [0, 0.1) is 20.8 Å². The van der Waals surface area contributed by atoms with Crippen LogP contribution in [0.15, 0.2) is 16.8 Å². The summed E-state index contributed by atoms with van der Waals surface area (Å²) in [4.78, 5) is 20.1. The quantitative estimate of drug-likeness (QED) is 0.672. The van der Waals surface area contributed by atoms with Crippen molar-refractivity contribution >= 4 is 11.7 Å². The number of esters is 1. The molecule has 108 valence electrons. The van der Waals surface area contributed by atoms with Crippen LogP contribution < -0.4 is 0 Å². The molecule has 0 spiro atoms. The van der Waals surface area contributed by atoms with Crippen molar-refractivity contribution < 1.29 is 14.1 Å². The van der Waals surface area contributed by atoms with Crippen molar-refractivity contribution in [3.8, 4) is 0 Å². The molecule has 0 amide bonds. The van der Waals surface area contributed by atoms with Crippen LogP contribution in [0.4, 0.5) is 0 Å². The van der Waals surface area contributed by atoms with Crippen LogP contribution in [0.2, 0.25) is 0 Å². The summed E-state index contributed by atoms with van der Waals surface area (Å²) in [5.41, 5.74) is 2.28. The van der Waals surface area contributed by atoms with Crippen molar-refractivity contribution in [1.29, 1.82) is 0 Å². The van der Waals surface area contributed by atoms with Gasteiger partial charge in [-0.15, -0.1) is 5.10 Å². The molecule has 0 aromatic carbocycles. The predicted molar refractivity (Wildman–Crippen MR) is 70.6 cm³/mol. The summed E-state index contributed by atoms with van der Waals surface area (Å²) >= 11 is 0. The van der Waals surface area contributed by atoms with Gasteiger partial charge >= 0.3 is 5.97 Å². The molecule has 0 saturated heterocycles. The van der Waals surface area contributed by atoms with Crippen molar-refractivity contribution in [2.45, 2.75) is 27.4 Å². The van der Waals surface area contributed by atoms with Gasteiger partial charge in [-0.2, -0.15) is 4.98 Å². The summed E-state index contributed by atoms with van der Waals surface area (Å²) < 4.78 is 11.7. The van der Waals surface area contributed by atoms with Crippen LogP contribution in [0.3, 0.4) is 0 Å². The highest BCUT2D eigenvalue weighted by Gasteiger charge is 2.18. The first-order chi connectivity index (χ1) is 10.1.